The summed E-state index contributed by atoms with van der Waals surface area (Å²) in [5.74, 6) is 0.560. The predicted octanol–water partition coefficient (Wildman–Crippen LogP) is 3.80. The first-order chi connectivity index (χ1) is 6.36. The molecule has 74 valence electrons. The van der Waals surface area contributed by atoms with Crippen molar-refractivity contribution in [2.45, 2.75) is 39.5 Å². The van der Waals surface area contributed by atoms with Gasteiger partial charge in [-0.1, -0.05) is 33.3 Å². The average Bonchev–Trinajstić information content (AvgIpc) is 2.22. The van der Waals surface area contributed by atoms with Crippen LogP contribution in [0.2, 0.25) is 0 Å². The molecule has 2 heteroatoms. The predicted molar refractivity (Wildman–Crippen MR) is 59.1 cm³/mol. The highest BCUT2D eigenvalue weighted by atomic mass is 35.5. The molecule has 1 aromatic rings. The van der Waals surface area contributed by atoms with E-state index in [0.29, 0.717) is 5.88 Å². The summed E-state index contributed by atoms with van der Waals surface area (Å²) in [4.78, 5) is 4.09. The van der Waals surface area contributed by atoms with E-state index in [1.165, 1.54) is 5.56 Å². The highest BCUT2D eigenvalue weighted by Gasteiger charge is 1.93. The van der Waals surface area contributed by atoms with Gasteiger partial charge in [0.15, 0.2) is 0 Å². The van der Waals surface area contributed by atoms with E-state index in [2.05, 4.69) is 18.0 Å². The van der Waals surface area contributed by atoms with Crippen LogP contribution in [-0.2, 0) is 12.3 Å². The van der Waals surface area contributed by atoms with Gasteiger partial charge >= 0.3 is 0 Å². The van der Waals surface area contributed by atoms with E-state index in [0.717, 1.165) is 18.4 Å². The van der Waals surface area contributed by atoms with Gasteiger partial charge in [0.2, 0.25) is 0 Å². The summed E-state index contributed by atoms with van der Waals surface area (Å²) in [6, 6.07) is 2.11. The van der Waals surface area contributed by atoms with Crippen LogP contribution in [0.3, 0.4) is 0 Å². The Kier molecular flexibility index (Phi) is 7.71. The molecule has 0 saturated heterocycles. The lowest BCUT2D eigenvalue weighted by molar-refractivity contribution is 0.910. The molecule has 0 saturated carbocycles. The minimum Gasteiger partial charge on any atom is -0.264 e. The normalized spacial score (nSPS) is 8.92. The zero-order valence-corrected chi connectivity index (χ0v) is 9.43. The number of pyridine rings is 1. The second kappa shape index (κ2) is 8.06. The number of nitrogens with zero attached hydrogens (tertiary/aromatic N) is 1. The van der Waals surface area contributed by atoms with Gasteiger partial charge in [0.25, 0.3) is 0 Å². The largest absolute Gasteiger partial charge is 0.264 e. The van der Waals surface area contributed by atoms with Gasteiger partial charge in [-0.15, -0.1) is 11.6 Å². The van der Waals surface area contributed by atoms with Gasteiger partial charge < -0.3 is 0 Å². The monoisotopic (exact) mass is 199 g/mol. The number of alkyl halides is 1. The highest BCUT2D eigenvalue weighted by molar-refractivity contribution is 6.17. The van der Waals surface area contributed by atoms with Crippen molar-refractivity contribution in [1.82, 2.24) is 4.98 Å². The van der Waals surface area contributed by atoms with E-state index < -0.39 is 0 Å². The number of rotatable bonds is 3. The molecule has 1 aromatic heterocycles. The Morgan fingerprint density at radius 3 is 2.38 bits per heavy atom. The van der Waals surface area contributed by atoms with Crippen molar-refractivity contribution < 1.29 is 0 Å². The second-order valence-electron chi connectivity index (χ2n) is 2.59. The summed E-state index contributed by atoms with van der Waals surface area (Å²) in [5.41, 5.74) is 2.39. The van der Waals surface area contributed by atoms with Crippen molar-refractivity contribution in [3.63, 3.8) is 0 Å². The molecule has 0 aliphatic carbocycles. The Bertz CT molecular complexity index is 223. The molecule has 0 amide bonds. The van der Waals surface area contributed by atoms with Crippen molar-refractivity contribution in [2.75, 3.05) is 0 Å². The maximum Gasteiger partial charge on any atom is 0.0489 e. The Balaban J connectivity index is 0.000000671. The fraction of sp³-hybridized carbons (Fsp3) is 0.545. The van der Waals surface area contributed by atoms with E-state index in [9.17, 15) is 0 Å². The highest BCUT2D eigenvalue weighted by Crippen LogP contribution is 2.06. The van der Waals surface area contributed by atoms with Gasteiger partial charge in [0.1, 0.15) is 0 Å². The van der Waals surface area contributed by atoms with Crippen LogP contribution in [0.4, 0.5) is 0 Å². The Hall–Kier alpha value is -0.560. The third kappa shape index (κ3) is 4.89. The van der Waals surface area contributed by atoms with Crippen molar-refractivity contribution in [2.24, 2.45) is 0 Å². The van der Waals surface area contributed by atoms with E-state index in [-0.39, 0.29) is 0 Å². The Morgan fingerprint density at radius 2 is 1.85 bits per heavy atom. The van der Waals surface area contributed by atoms with Crippen LogP contribution in [-0.4, -0.2) is 4.98 Å². The summed E-state index contributed by atoms with van der Waals surface area (Å²) >= 11 is 5.66. The molecule has 1 nitrogen and oxygen atoms in total. The van der Waals surface area contributed by atoms with E-state index in [4.69, 9.17) is 11.6 Å². The smallest absolute Gasteiger partial charge is 0.0489 e. The van der Waals surface area contributed by atoms with Crippen LogP contribution in [0.15, 0.2) is 18.5 Å². The molecule has 1 rings (SSSR count). The second-order valence-corrected chi connectivity index (χ2v) is 2.85. The zero-order chi connectivity index (χ0) is 10.1. The molecule has 13 heavy (non-hydrogen) atoms. The molecule has 0 radical (unpaired) electrons. The minimum absolute atomic E-state index is 0.560. The van der Waals surface area contributed by atoms with Crippen molar-refractivity contribution in [1.29, 1.82) is 0 Å². The summed E-state index contributed by atoms with van der Waals surface area (Å²) in [7, 11) is 0. The van der Waals surface area contributed by atoms with Crippen molar-refractivity contribution in [3.05, 3.63) is 29.6 Å². The zero-order valence-electron chi connectivity index (χ0n) is 8.68. The van der Waals surface area contributed by atoms with Gasteiger partial charge in [-0.3, -0.25) is 4.98 Å². The molecule has 0 atom stereocenters. The third-order valence-electron chi connectivity index (χ3n) is 1.54. The molecule has 1 heterocycles. The lowest BCUT2D eigenvalue weighted by Crippen LogP contribution is -1.87. The quantitative estimate of drug-likeness (QED) is 0.675. The van der Waals surface area contributed by atoms with Crippen molar-refractivity contribution >= 4 is 11.6 Å². The van der Waals surface area contributed by atoms with Crippen LogP contribution in [0, 0.1) is 0 Å². The first kappa shape index (κ1) is 12.4. The maximum atomic E-state index is 5.66. The Morgan fingerprint density at radius 1 is 1.23 bits per heavy atom. The van der Waals surface area contributed by atoms with Gasteiger partial charge in [-0.2, -0.15) is 0 Å². The van der Waals surface area contributed by atoms with Gasteiger partial charge in [0.05, 0.1) is 0 Å². The summed E-state index contributed by atoms with van der Waals surface area (Å²) in [6.45, 7) is 6.16. The lowest BCUT2D eigenvalue weighted by atomic mass is 10.1. The van der Waals surface area contributed by atoms with E-state index in [1.54, 1.807) is 0 Å². The SMILES string of the molecule is CC.CCCc1cncc(CCl)c1. The number of aryl methyl sites for hydroxylation is 1. The molecule has 0 aliphatic rings. The molecule has 0 bridgehead atoms. The fourth-order valence-electron chi connectivity index (χ4n) is 1.04. The van der Waals surface area contributed by atoms with Crippen LogP contribution in [0.1, 0.15) is 38.3 Å². The number of hydrogen-bond acceptors (Lipinski definition) is 1. The molecular formula is C11H18ClN. The molecule has 0 aliphatic heterocycles. The first-order valence-electron chi connectivity index (χ1n) is 4.85. The standard InChI is InChI=1S/C9H12ClN.C2H6/c1-2-3-8-4-9(5-10)7-11-6-8;1-2/h4,6-7H,2-3,5H2,1H3;1-2H3. The molecule has 0 aromatic carbocycles. The fourth-order valence-corrected chi connectivity index (χ4v) is 1.19. The molecular weight excluding hydrogens is 182 g/mol. The van der Waals surface area contributed by atoms with E-state index in [1.807, 2.05) is 26.2 Å². The first-order valence-corrected chi connectivity index (χ1v) is 5.39. The number of hydrogen-bond donors (Lipinski definition) is 0. The average molecular weight is 200 g/mol. The Labute approximate surface area is 86.1 Å². The third-order valence-corrected chi connectivity index (χ3v) is 1.85. The molecule has 0 N–H and O–H groups in total. The van der Waals surface area contributed by atoms with Crippen molar-refractivity contribution in [3.8, 4) is 0 Å². The van der Waals surface area contributed by atoms with Gasteiger partial charge in [0, 0.05) is 18.3 Å². The van der Waals surface area contributed by atoms with Crippen LogP contribution in [0.5, 0.6) is 0 Å². The lowest BCUT2D eigenvalue weighted by Gasteiger charge is -1.99. The summed E-state index contributed by atoms with van der Waals surface area (Å²) in [5, 5.41) is 0. The summed E-state index contributed by atoms with van der Waals surface area (Å²) < 4.78 is 0. The molecule has 0 fully saturated rings. The van der Waals surface area contributed by atoms with Crippen LogP contribution in [0.25, 0.3) is 0 Å². The number of halogens is 1. The van der Waals surface area contributed by atoms with Crippen LogP contribution < -0.4 is 0 Å². The minimum atomic E-state index is 0.560. The van der Waals surface area contributed by atoms with Crippen LogP contribution >= 0.6 is 11.6 Å². The topological polar surface area (TPSA) is 12.9 Å². The molecule has 0 spiro atoms. The maximum absolute atomic E-state index is 5.66. The number of aromatic nitrogens is 1. The summed E-state index contributed by atoms with van der Waals surface area (Å²) in [6.07, 6.45) is 5.97. The molecule has 0 unspecified atom stereocenters. The van der Waals surface area contributed by atoms with Gasteiger partial charge in [-0.25, -0.2) is 0 Å². The van der Waals surface area contributed by atoms with Gasteiger partial charge in [-0.05, 0) is 17.5 Å². The van der Waals surface area contributed by atoms with E-state index >= 15 is 0 Å².